The lowest BCUT2D eigenvalue weighted by atomic mass is 10.2. The number of guanidine groups is 1. The van der Waals surface area contributed by atoms with Crippen molar-refractivity contribution in [2.75, 3.05) is 33.2 Å². The number of halogens is 1. The van der Waals surface area contributed by atoms with Crippen LogP contribution in [0.25, 0.3) is 0 Å². The molecule has 3 rings (SSSR count). The summed E-state index contributed by atoms with van der Waals surface area (Å²) in [7, 11) is 1.82. The number of thiophene rings is 1. The molecule has 8 heteroatoms. The van der Waals surface area contributed by atoms with E-state index in [1.807, 2.05) is 24.6 Å². The molecular formula is C19H32IN5OS. The van der Waals surface area contributed by atoms with Gasteiger partial charge in [-0.15, -0.1) is 35.3 Å². The van der Waals surface area contributed by atoms with Crippen molar-refractivity contribution in [2.24, 2.45) is 4.99 Å². The van der Waals surface area contributed by atoms with E-state index in [2.05, 4.69) is 25.8 Å². The fraction of sp³-hybridized carbons (Fsp3) is 0.684. The van der Waals surface area contributed by atoms with Crippen LogP contribution in [0.5, 0.6) is 0 Å². The molecule has 0 spiro atoms. The molecule has 0 aromatic carbocycles. The van der Waals surface area contributed by atoms with E-state index < -0.39 is 0 Å². The summed E-state index contributed by atoms with van der Waals surface area (Å²) in [6.07, 6.45) is 7.59. The first-order valence-corrected chi connectivity index (χ1v) is 10.7. The second-order valence-corrected chi connectivity index (χ2v) is 8.10. The number of rotatable bonds is 7. The summed E-state index contributed by atoms with van der Waals surface area (Å²) in [5.41, 5.74) is 0. The van der Waals surface area contributed by atoms with Gasteiger partial charge in [0.15, 0.2) is 5.96 Å². The van der Waals surface area contributed by atoms with E-state index in [9.17, 15) is 4.79 Å². The van der Waals surface area contributed by atoms with E-state index in [4.69, 9.17) is 0 Å². The van der Waals surface area contributed by atoms with Gasteiger partial charge in [0.2, 0.25) is 0 Å². The molecule has 6 nitrogen and oxygen atoms in total. The van der Waals surface area contributed by atoms with Crippen LogP contribution >= 0.6 is 35.3 Å². The minimum absolute atomic E-state index is 0. The van der Waals surface area contributed by atoms with Crippen molar-refractivity contribution < 1.29 is 4.79 Å². The second kappa shape index (κ2) is 11.9. The molecule has 27 heavy (non-hydrogen) atoms. The van der Waals surface area contributed by atoms with Crippen LogP contribution in [-0.4, -0.2) is 62.1 Å². The minimum atomic E-state index is 0. The van der Waals surface area contributed by atoms with Crippen LogP contribution in [0.3, 0.4) is 0 Å². The molecule has 2 aliphatic rings. The van der Waals surface area contributed by atoms with E-state index in [1.54, 1.807) is 0 Å². The van der Waals surface area contributed by atoms with Gasteiger partial charge in [0.25, 0.3) is 5.91 Å². The molecule has 2 fully saturated rings. The van der Waals surface area contributed by atoms with E-state index in [-0.39, 0.29) is 29.9 Å². The van der Waals surface area contributed by atoms with Crippen molar-refractivity contribution in [2.45, 2.75) is 50.6 Å². The average Bonchev–Trinajstić information content (AvgIpc) is 3.42. The molecule has 1 aliphatic carbocycles. The summed E-state index contributed by atoms with van der Waals surface area (Å²) in [5.74, 6) is 0.883. The maximum Gasteiger partial charge on any atom is 0.261 e. The average molecular weight is 505 g/mol. The Balaban J connectivity index is 0.00000261. The number of likely N-dealkylation sites (tertiary alicyclic amines) is 1. The number of carbonyl (C=O) groups excluding carboxylic acids is 1. The van der Waals surface area contributed by atoms with Crippen molar-refractivity contribution in [1.82, 2.24) is 20.9 Å². The van der Waals surface area contributed by atoms with Crippen molar-refractivity contribution in [3.05, 3.63) is 22.4 Å². The van der Waals surface area contributed by atoms with Crippen LogP contribution in [0, 0.1) is 0 Å². The Kier molecular flexibility index (Phi) is 9.84. The number of aliphatic imine (C=N–C) groups is 1. The Bertz CT molecular complexity index is 589. The zero-order chi connectivity index (χ0) is 18.2. The highest BCUT2D eigenvalue weighted by Crippen LogP contribution is 2.26. The molecule has 3 N–H and O–H groups in total. The molecule has 1 aromatic rings. The van der Waals surface area contributed by atoms with Gasteiger partial charge in [-0.1, -0.05) is 18.9 Å². The van der Waals surface area contributed by atoms with E-state index in [0.29, 0.717) is 12.6 Å². The van der Waals surface area contributed by atoms with Crippen molar-refractivity contribution >= 4 is 47.2 Å². The highest BCUT2D eigenvalue weighted by Gasteiger charge is 2.30. The van der Waals surface area contributed by atoms with Gasteiger partial charge < -0.3 is 16.0 Å². The van der Waals surface area contributed by atoms with E-state index >= 15 is 0 Å². The Hall–Kier alpha value is -0.870. The lowest BCUT2D eigenvalue weighted by molar-refractivity contribution is 0.0957. The molecule has 0 bridgehead atoms. The van der Waals surface area contributed by atoms with Gasteiger partial charge in [0.1, 0.15) is 0 Å². The molecule has 1 atom stereocenters. The predicted molar refractivity (Wildman–Crippen MR) is 123 cm³/mol. The molecule has 1 aromatic heterocycles. The normalized spacial score (nSPS) is 21.1. The van der Waals surface area contributed by atoms with Crippen LogP contribution < -0.4 is 16.0 Å². The summed E-state index contributed by atoms with van der Waals surface area (Å²) in [4.78, 5) is 19.6. The summed E-state index contributed by atoms with van der Waals surface area (Å²) < 4.78 is 0. The topological polar surface area (TPSA) is 68.8 Å². The molecule has 1 amide bonds. The highest BCUT2D eigenvalue weighted by atomic mass is 127. The zero-order valence-electron chi connectivity index (χ0n) is 16.1. The molecule has 0 radical (unpaired) electrons. The zero-order valence-corrected chi connectivity index (χ0v) is 19.2. The Morgan fingerprint density at radius 2 is 2.04 bits per heavy atom. The Morgan fingerprint density at radius 3 is 2.74 bits per heavy atom. The molecule has 1 saturated carbocycles. The highest BCUT2D eigenvalue weighted by molar-refractivity contribution is 14.0. The first-order valence-electron chi connectivity index (χ1n) is 9.79. The maximum atomic E-state index is 11.9. The molecular weight excluding hydrogens is 473 g/mol. The van der Waals surface area contributed by atoms with Crippen molar-refractivity contribution in [3.8, 4) is 0 Å². The number of carbonyl (C=O) groups is 1. The monoisotopic (exact) mass is 505 g/mol. The van der Waals surface area contributed by atoms with E-state index in [0.717, 1.165) is 36.4 Å². The molecule has 1 aliphatic heterocycles. The lowest BCUT2D eigenvalue weighted by Crippen LogP contribution is -2.45. The Labute approximate surface area is 183 Å². The van der Waals surface area contributed by atoms with Crippen molar-refractivity contribution in [1.29, 1.82) is 0 Å². The summed E-state index contributed by atoms with van der Waals surface area (Å²) in [5, 5.41) is 11.8. The van der Waals surface area contributed by atoms with Gasteiger partial charge in [-0.2, -0.15) is 0 Å². The van der Waals surface area contributed by atoms with Crippen LogP contribution in [0.1, 0.15) is 48.2 Å². The first kappa shape index (κ1) is 22.4. The van der Waals surface area contributed by atoms with Gasteiger partial charge >= 0.3 is 0 Å². The standard InChI is InChI=1S/C19H31N5OS.HI/c1-20-19(22-11-5-10-21-18(25)17-8-4-13-26-17)23-15-9-12-24(14-15)16-6-2-3-7-16;/h4,8,13,15-16H,2-3,5-7,9-12,14H2,1H3,(H,21,25)(H2,20,22,23);1H. The number of amides is 1. The third kappa shape index (κ3) is 6.90. The minimum Gasteiger partial charge on any atom is -0.356 e. The molecule has 152 valence electrons. The fourth-order valence-corrected chi connectivity index (χ4v) is 4.53. The smallest absolute Gasteiger partial charge is 0.261 e. The third-order valence-corrected chi connectivity index (χ3v) is 6.17. The summed E-state index contributed by atoms with van der Waals surface area (Å²) >= 11 is 1.47. The number of hydrogen-bond donors (Lipinski definition) is 3. The number of nitrogens with zero attached hydrogens (tertiary/aromatic N) is 2. The first-order chi connectivity index (χ1) is 12.8. The van der Waals surface area contributed by atoms with Crippen LogP contribution in [-0.2, 0) is 0 Å². The molecule has 1 saturated heterocycles. The predicted octanol–water partition coefficient (Wildman–Crippen LogP) is 2.67. The third-order valence-electron chi connectivity index (χ3n) is 5.30. The van der Waals surface area contributed by atoms with Gasteiger partial charge in [-0.05, 0) is 37.1 Å². The fourth-order valence-electron chi connectivity index (χ4n) is 3.89. The van der Waals surface area contributed by atoms with Crippen LogP contribution in [0.15, 0.2) is 22.5 Å². The lowest BCUT2D eigenvalue weighted by Gasteiger charge is -2.24. The summed E-state index contributed by atoms with van der Waals surface area (Å²) in [6, 6.07) is 5.04. The largest absolute Gasteiger partial charge is 0.356 e. The molecule has 2 heterocycles. The summed E-state index contributed by atoms with van der Waals surface area (Å²) in [6.45, 7) is 3.79. The van der Waals surface area contributed by atoms with Crippen LogP contribution in [0.2, 0.25) is 0 Å². The van der Waals surface area contributed by atoms with E-state index in [1.165, 1.54) is 50.0 Å². The quantitative estimate of drug-likeness (QED) is 0.231. The van der Waals surface area contributed by atoms with Crippen molar-refractivity contribution in [3.63, 3.8) is 0 Å². The Morgan fingerprint density at radius 1 is 1.26 bits per heavy atom. The number of hydrogen-bond acceptors (Lipinski definition) is 4. The SMILES string of the molecule is CN=C(NCCCNC(=O)c1cccs1)NC1CCN(C2CCCC2)C1.I. The maximum absolute atomic E-state index is 11.9. The second-order valence-electron chi connectivity index (χ2n) is 7.15. The number of nitrogens with one attached hydrogen (secondary N) is 3. The van der Waals surface area contributed by atoms with Gasteiger partial charge in [-0.3, -0.25) is 14.7 Å². The van der Waals surface area contributed by atoms with Gasteiger partial charge in [0, 0.05) is 45.3 Å². The van der Waals surface area contributed by atoms with Gasteiger partial charge in [-0.25, -0.2) is 0 Å². The molecule has 1 unspecified atom stereocenters. The van der Waals surface area contributed by atoms with Crippen LogP contribution in [0.4, 0.5) is 0 Å². The van der Waals surface area contributed by atoms with Gasteiger partial charge in [0.05, 0.1) is 4.88 Å².